The van der Waals surface area contributed by atoms with Crippen molar-refractivity contribution in [1.82, 2.24) is 5.32 Å². The molecule has 3 aromatic rings. The van der Waals surface area contributed by atoms with Crippen LogP contribution in [0.5, 0.6) is 0 Å². The van der Waals surface area contributed by atoms with E-state index in [2.05, 4.69) is 5.32 Å². The van der Waals surface area contributed by atoms with Gasteiger partial charge in [0.15, 0.2) is 0 Å². The van der Waals surface area contributed by atoms with Crippen LogP contribution >= 0.6 is 0 Å². The number of sulfonamides is 1. The minimum atomic E-state index is -3.85. The summed E-state index contributed by atoms with van der Waals surface area (Å²) < 4.78 is 28.1. The normalized spacial score (nSPS) is 13.6. The zero-order valence-corrected chi connectivity index (χ0v) is 18.3. The maximum absolute atomic E-state index is 12.4. The SMILES string of the molecule is NS(=O)(=O)c1ccc(CC(NC(=O)OCC2c3ccccc3-c3ccccc32)C(=O)O)cc1. The number of carbonyl (C=O) groups excluding carboxylic acids is 1. The molecule has 0 heterocycles. The average Bonchev–Trinajstić information content (AvgIpc) is 3.11. The van der Waals surface area contributed by atoms with Crippen LogP contribution in [-0.4, -0.2) is 38.2 Å². The van der Waals surface area contributed by atoms with Gasteiger partial charge in [0.1, 0.15) is 12.6 Å². The molecule has 1 atom stereocenters. The van der Waals surface area contributed by atoms with E-state index in [4.69, 9.17) is 9.88 Å². The average molecular weight is 467 g/mol. The van der Waals surface area contributed by atoms with E-state index in [0.29, 0.717) is 5.56 Å². The lowest BCUT2D eigenvalue weighted by Gasteiger charge is -2.17. The first-order chi connectivity index (χ1) is 15.7. The maximum Gasteiger partial charge on any atom is 0.407 e. The van der Waals surface area contributed by atoms with Crippen LogP contribution in [0.4, 0.5) is 4.79 Å². The summed E-state index contributed by atoms with van der Waals surface area (Å²) in [4.78, 5) is 24.0. The fourth-order valence-corrected chi connectivity index (χ4v) is 4.55. The second-order valence-corrected chi connectivity index (χ2v) is 9.32. The predicted molar refractivity (Wildman–Crippen MR) is 121 cm³/mol. The Hall–Kier alpha value is -3.69. The van der Waals surface area contributed by atoms with Crippen LogP contribution in [0.3, 0.4) is 0 Å². The summed E-state index contributed by atoms with van der Waals surface area (Å²) in [6.07, 6.45) is -0.893. The van der Waals surface area contributed by atoms with Crippen molar-refractivity contribution in [2.24, 2.45) is 5.14 Å². The Morgan fingerprint density at radius 3 is 2.00 bits per heavy atom. The van der Waals surface area contributed by atoms with Crippen LogP contribution in [0.2, 0.25) is 0 Å². The number of hydrogen-bond acceptors (Lipinski definition) is 5. The number of carboxylic acids is 1. The summed E-state index contributed by atoms with van der Waals surface area (Å²) in [6, 6.07) is 20.0. The number of aliphatic carboxylic acids is 1. The summed E-state index contributed by atoms with van der Waals surface area (Å²) in [7, 11) is -3.85. The fraction of sp³-hybridized carbons (Fsp3) is 0.167. The van der Waals surface area contributed by atoms with E-state index >= 15 is 0 Å². The van der Waals surface area contributed by atoms with Crippen molar-refractivity contribution in [3.8, 4) is 11.1 Å². The van der Waals surface area contributed by atoms with Crippen LogP contribution in [0.25, 0.3) is 11.1 Å². The highest BCUT2D eigenvalue weighted by atomic mass is 32.2. The first-order valence-corrected chi connectivity index (χ1v) is 11.7. The molecule has 4 rings (SSSR count). The van der Waals surface area contributed by atoms with Gasteiger partial charge in [-0.2, -0.15) is 0 Å². The second kappa shape index (κ2) is 9.05. The third-order valence-electron chi connectivity index (χ3n) is 5.63. The number of hydrogen-bond donors (Lipinski definition) is 3. The van der Waals surface area contributed by atoms with Gasteiger partial charge in [0.2, 0.25) is 10.0 Å². The zero-order valence-electron chi connectivity index (χ0n) is 17.5. The number of alkyl carbamates (subject to hydrolysis) is 1. The fourth-order valence-electron chi connectivity index (χ4n) is 4.03. The van der Waals surface area contributed by atoms with E-state index in [0.717, 1.165) is 22.3 Å². The van der Waals surface area contributed by atoms with Gasteiger partial charge in [-0.15, -0.1) is 0 Å². The van der Waals surface area contributed by atoms with Gasteiger partial charge < -0.3 is 15.2 Å². The van der Waals surface area contributed by atoms with Crippen LogP contribution in [0.15, 0.2) is 77.7 Å². The predicted octanol–water partition coefficient (Wildman–Crippen LogP) is 2.87. The van der Waals surface area contributed by atoms with Crippen molar-refractivity contribution in [2.45, 2.75) is 23.3 Å². The van der Waals surface area contributed by atoms with Gasteiger partial charge in [-0.1, -0.05) is 60.7 Å². The Labute approximate surface area is 191 Å². The molecule has 3 aromatic carbocycles. The first-order valence-electron chi connectivity index (χ1n) is 10.2. The van der Waals surface area contributed by atoms with Crippen molar-refractivity contribution in [1.29, 1.82) is 0 Å². The largest absolute Gasteiger partial charge is 0.480 e. The molecule has 0 bridgehead atoms. The van der Waals surface area contributed by atoms with Gasteiger partial charge in [-0.3, -0.25) is 0 Å². The number of nitrogens with two attached hydrogens (primary N) is 1. The topological polar surface area (TPSA) is 136 Å². The highest BCUT2D eigenvalue weighted by molar-refractivity contribution is 7.89. The molecule has 0 spiro atoms. The molecular weight excluding hydrogens is 444 g/mol. The van der Waals surface area contributed by atoms with Gasteiger partial charge in [0.25, 0.3) is 0 Å². The Kier molecular flexibility index (Phi) is 6.17. The van der Waals surface area contributed by atoms with Crippen molar-refractivity contribution in [3.63, 3.8) is 0 Å². The lowest BCUT2D eigenvalue weighted by atomic mass is 9.98. The Morgan fingerprint density at radius 1 is 0.939 bits per heavy atom. The molecule has 0 fully saturated rings. The molecule has 33 heavy (non-hydrogen) atoms. The number of carbonyl (C=O) groups is 2. The highest BCUT2D eigenvalue weighted by Crippen LogP contribution is 2.44. The van der Waals surface area contributed by atoms with Crippen LogP contribution in [0.1, 0.15) is 22.6 Å². The van der Waals surface area contributed by atoms with Crippen molar-refractivity contribution in [2.75, 3.05) is 6.61 Å². The Balaban J connectivity index is 1.42. The van der Waals surface area contributed by atoms with Crippen molar-refractivity contribution in [3.05, 3.63) is 89.5 Å². The third-order valence-corrected chi connectivity index (χ3v) is 6.55. The van der Waals surface area contributed by atoms with Gasteiger partial charge in [-0.05, 0) is 39.9 Å². The summed E-state index contributed by atoms with van der Waals surface area (Å²) in [6.45, 7) is 0.0647. The monoisotopic (exact) mass is 466 g/mol. The number of primary sulfonamides is 1. The zero-order chi connectivity index (χ0) is 23.6. The smallest absolute Gasteiger partial charge is 0.407 e. The molecule has 0 radical (unpaired) electrons. The van der Waals surface area contributed by atoms with E-state index < -0.39 is 28.1 Å². The molecule has 1 unspecified atom stereocenters. The van der Waals surface area contributed by atoms with Crippen molar-refractivity contribution >= 4 is 22.1 Å². The molecule has 1 aliphatic rings. The van der Waals surface area contributed by atoms with E-state index in [9.17, 15) is 23.1 Å². The number of carboxylic acid groups (broad SMARTS) is 1. The quantitative estimate of drug-likeness (QED) is 0.490. The highest BCUT2D eigenvalue weighted by Gasteiger charge is 2.29. The molecule has 4 N–H and O–H groups in total. The summed E-state index contributed by atoms with van der Waals surface area (Å²) in [5.41, 5.74) is 4.81. The lowest BCUT2D eigenvalue weighted by Crippen LogP contribution is -2.42. The lowest BCUT2D eigenvalue weighted by molar-refractivity contribution is -0.139. The van der Waals surface area contributed by atoms with Crippen LogP contribution in [-0.2, 0) is 26.0 Å². The number of amides is 1. The molecule has 9 heteroatoms. The number of nitrogens with one attached hydrogen (secondary N) is 1. The number of fused-ring (bicyclic) bond motifs is 3. The molecule has 1 amide bonds. The standard InChI is InChI=1S/C24H22N2O6S/c25-33(30,31)16-11-9-15(10-12-16)13-22(23(27)28)26-24(29)32-14-21-19-7-3-1-5-17(19)18-6-2-4-8-20(18)21/h1-12,21-22H,13-14H2,(H,26,29)(H,27,28)(H2,25,30,31). The second-order valence-electron chi connectivity index (χ2n) is 7.75. The van der Waals surface area contributed by atoms with Gasteiger partial charge >= 0.3 is 12.1 Å². The summed E-state index contributed by atoms with van der Waals surface area (Å²) in [5.74, 6) is -1.38. The van der Waals surface area contributed by atoms with E-state index in [1.807, 2.05) is 48.5 Å². The molecular formula is C24H22N2O6S. The Bertz CT molecular complexity index is 1260. The molecule has 0 aromatic heterocycles. The minimum Gasteiger partial charge on any atom is -0.480 e. The van der Waals surface area contributed by atoms with Gasteiger partial charge in [0.05, 0.1) is 4.90 Å². The van der Waals surface area contributed by atoms with E-state index in [1.165, 1.54) is 24.3 Å². The molecule has 0 saturated heterocycles. The van der Waals surface area contributed by atoms with Gasteiger partial charge in [0, 0.05) is 12.3 Å². The summed E-state index contributed by atoms with van der Waals surface area (Å²) in [5, 5.41) is 17.0. The van der Waals surface area contributed by atoms with Crippen molar-refractivity contribution < 1.29 is 27.9 Å². The third kappa shape index (κ3) is 4.89. The number of ether oxygens (including phenoxy) is 1. The van der Waals surface area contributed by atoms with E-state index in [-0.39, 0.29) is 23.8 Å². The molecule has 170 valence electrons. The number of rotatable bonds is 7. The minimum absolute atomic E-state index is 0.0512. The molecule has 0 aliphatic heterocycles. The van der Waals surface area contributed by atoms with Crippen LogP contribution in [0, 0.1) is 0 Å². The number of benzene rings is 3. The maximum atomic E-state index is 12.4. The molecule has 0 saturated carbocycles. The molecule has 8 nitrogen and oxygen atoms in total. The summed E-state index contributed by atoms with van der Waals surface area (Å²) >= 11 is 0. The van der Waals surface area contributed by atoms with E-state index in [1.54, 1.807) is 0 Å². The van der Waals surface area contributed by atoms with Gasteiger partial charge in [-0.25, -0.2) is 23.1 Å². The van der Waals surface area contributed by atoms with Crippen LogP contribution < -0.4 is 10.5 Å². The Morgan fingerprint density at radius 2 is 1.48 bits per heavy atom. The first kappa shape index (κ1) is 22.5. The molecule has 1 aliphatic carbocycles.